The molecule has 1 saturated heterocycles. The first-order valence-corrected chi connectivity index (χ1v) is 8.41. The van der Waals surface area contributed by atoms with Gasteiger partial charge in [0.25, 0.3) is 0 Å². The normalized spacial score (nSPS) is 21.2. The molecule has 1 aromatic rings. The molecule has 1 aromatic carbocycles. The third kappa shape index (κ3) is 4.98. The maximum absolute atomic E-state index is 12.6. The summed E-state index contributed by atoms with van der Waals surface area (Å²) in [6, 6.07) is 9.84. The van der Waals surface area contributed by atoms with Crippen molar-refractivity contribution in [3.63, 3.8) is 0 Å². The SMILES string of the molecule is COC(=O)C[C@@H]1CCN(C(=O)OC(C)(C)C)[C@H](c2ccccc2)C1. The van der Waals surface area contributed by atoms with Crippen LogP contribution in [0.3, 0.4) is 0 Å². The van der Waals surface area contributed by atoms with Gasteiger partial charge in [-0.15, -0.1) is 0 Å². The molecular weight excluding hydrogens is 306 g/mol. The first-order chi connectivity index (χ1) is 11.3. The van der Waals surface area contributed by atoms with Crippen molar-refractivity contribution in [1.29, 1.82) is 0 Å². The molecule has 2 rings (SSSR count). The molecule has 0 N–H and O–H groups in total. The van der Waals surface area contributed by atoms with Crippen molar-refractivity contribution in [1.82, 2.24) is 4.90 Å². The predicted molar refractivity (Wildman–Crippen MR) is 91.5 cm³/mol. The largest absolute Gasteiger partial charge is 0.469 e. The first-order valence-electron chi connectivity index (χ1n) is 8.41. The molecule has 0 aromatic heterocycles. The van der Waals surface area contributed by atoms with E-state index in [0.717, 1.165) is 18.4 Å². The van der Waals surface area contributed by atoms with Crippen molar-refractivity contribution in [2.45, 2.75) is 51.7 Å². The van der Waals surface area contributed by atoms with Crippen LogP contribution in [0.1, 0.15) is 51.6 Å². The van der Waals surface area contributed by atoms with Gasteiger partial charge >= 0.3 is 12.1 Å². The van der Waals surface area contributed by atoms with Gasteiger partial charge in [-0.25, -0.2) is 4.79 Å². The highest BCUT2D eigenvalue weighted by molar-refractivity contribution is 5.70. The molecule has 0 saturated carbocycles. The summed E-state index contributed by atoms with van der Waals surface area (Å²) in [5.41, 5.74) is 0.541. The molecule has 5 heteroatoms. The molecule has 1 fully saturated rings. The minimum Gasteiger partial charge on any atom is -0.469 e. The monoisotopic (exact) mass is 333 g/mol. The molecule has 1 aliphatic rings. The van der Waals surface area contributed by atoms with E-state index in [1.165, 1.54) is 7.11 Å². The van der Waals surface area contributed by atoms with Crippen LogP contribution in [-0.4, -0.2) is 36.2 Å². The Hall–Kier alpha value is -2.04. The number of ether oxygens (including phenoxy) is 2. The number of carbonyl (C=O) groups excluding carboxylic acids is 2. The minimum absolute atomic E-state index is 0.0792. The van der Waals surface area contributed by atoms with Crippen LogP contribution in [0.15, 0.2) is 30.3 Å². The first kappa shape index (κ1) is 18.3. The van der Waals surface area contributed by atoms with Crippen LogP contribution < -0.4 is 0 Å². The number of rotatable bonds is 3. The zero-order chi connectivity index (χ0) is 17.7. The molecule has 0 bridgehead atoms. The van der Waals surface area contributed by atoms with Gasteiger partial charge in [-0.1, -0.05) is 30.3 Å². The van der Waals surface area contributed by atoms with E-state index in [1.54, 1.807) is 4.90 Å². The van der Waals surface area contributed by atoms with Crippen LogP contribution in [0, 0.1) is 5.92 Å². The Morgan fingerprint density at radius 3 is 2.46 bits per heavy atom. The van der Waals surface area contributed by atoms with E-state index in [0.29, 0.717) is 13.0 Å². The van der Waals surface area contributed by atoms with Crippen molar-refractivity contribution < 1.29 is 19.1 Å². The van der Waals surface area contributed by atoms with E-state index in [2.05, 4.69) is 0 Å². The number of piperidine rings is 1. The predicted octanol–water partition coefficient (Wildman–Crippen LogP) is 3.94. The van der Waals surface area contributed by atoms with Crippen LogP contribution in [0.4, 0.5) is 4.79 Å². The maximum Gasteiger partial charge on any atom is 0.410 e. The summed E-state index contributed by atoms with van der Waals surface area (Å²) >= 11 is 0. The Morgan fingerprint density at radius 1 is 1.21 bits per heavy atom. The molecule has 2 atom stereocenters. The van der Waals surface area contributed by atoms with Crippen LogP contribution >= 0.6 is 0 Å². The number of hydrogen-bond donors (Lipinski definition) is 0. The van der Waals surface area contributed by atoms with Crippen molar-refractivity contribution >= 4 is 12.1 Å². The number of hydrogen-bond acceptors (Lipinski definition) is 4. The highest BCUT2D eigenvalue weighted by Crippen LogP contribution is 2.36. The van der Waals surface area contributed by atoms with E-state index in [9.17, 15) is 9.59 Å². The Kier molecular flexibility index (Phi) is 5.86. The fourth-order valence-corrected chi connectivity index (χ4v) is 3.07. The van der Waals surface area contributed by atoms with Gasteiger partial charge in [0.1, 0.15) is 5.60 Å². The number of amides is 1. The van der Waals surface area contributed by atoms with Gasteiger partial charge in [0.05, 0.1) is 13.2 Å². The van der Waals surface area contributed by atoms with Gasteiger partial charge in [-0.05, 0) is 45.1 Å². The summed E-state index contributed by atoms with van der Waals surface area (Å²) in [6.07, 6.45) is 1.60. The van der Waals surface area contributed by atoms with E-state index < -0.39 is 5.60 Å². The molecule has 1 aliphatic heterocycles. The van der Waals surface area contributed by atoms with Crippen molar-refractivity contribution in [3.8, 4) is 0 Å². The van der Waals surface area contributed by atoms with Crippen molar-refractivity contribution in [2.75, 3.05) is 13.7 Å². The highest BCUT2D eigenvalue weighted by Gasteiger charge is 2.35. The molecule has 0 radical (unpaired) electrons. The lowest BCUT2D eigenvalue weighted by atomic mass is 9.85. The number of esters is 1. The summed E-state index contributed by atoms with van der Waals surface area (Å²) in [5.74, 6) is 0.0128. The van der Waals surface area contributed by atoms with Gasteiger partial charge < -0.3 is 14.4 Å². The minimum atomic E-state index is -0.527. The zero-order valence-electron chi connectivity index (χ0n) is 15.0. The standard InChI is InChI=1S/C19H27NO4/c1-19(2,3)24-18(22)20-11-10-14(13-17(21)23-4)12-16(20)15-8-6-5-7-9-15/h5-9,14,16H,10-13H2,1-4H3/t14-,16+/m1/s1. The summed E-state index contributed by atoms with van der Waals surface area (Å²) in [6.45, 7) is 6.18. The second-order valence-corrected chi connectivity index (χ2v) is 7.27. The number of methoxy groups -OCH3 is 1. The Labute approximate surface area is 143 Å². The van der Waals surface area contributed by atoms with Crippen LogP contribution in [0.2, 0.25) is 0 Å². The number of benzene rings is 1. The molecule has 0 unspecified atom stereocenters. The second-order valence-electron chi connectivity index (χ2n) is 7.27. The van der Waals surface area contributed by atoms with Crippen LogP contribution in [0.25, 0.3) is 0 Å². The number of likely N-dealkylation sites (tertiary alicyclic amines) is 1. The highest BCUT2D eigenvalue weighted by atomic mass is 16.6. The topological polar surface area (TPSA) is 55.8 Å². The molecule has 24 heavy (non-hydrogen) atoms. The van der Waals surface area contributed by atoms with E-state index in [-0.39, 0.29) is 24.0 Å². The fourth-order valence-electron chi connectivity index (χ4n) is 3.07. The van der Waals surface area contributed by atoms with E-state index in [1.807, 2.05) is 51.1 Å². The third-order valence-electron chi connectivity index (χ3n) is 4.21. The van der Waals surface area contributed by atoms with Crippen LogP contribution in [0.5, 0.6) is 0 Å². The lowest BCUT2D eigenvalue weighted by Gasteiger charge is -2.40. The van der Waals surface area contributed by atoms with Gasteiger partial charge in [-0.2, -0.15) is 0 Å². The summed E-state index contributed by atoms with van der Waals surface area (Å²) in [7, 11) is 1.41. The molecule has 5 nitrogen and oxygen atoms in total. The maximum atomic E-state index is 12.6. The Balaban J connectivity index is 2.17. The van der Waals surface area contributed by atoms with Crippen molar-refractivity contribution in [3.05, 3.63) is 35.9 Å². The second kappa shape index (κ2) is 7.69. The van der Waals surface area contributed by atoms with Gasteiger partial charge in [0.15, 0.2) is 0 Å². The number of carbonyl (C=O) groups is 2. The van der Waals surface area contributed by atoms with E-state index >= 15 is 0 Å². The van der Waals surface area contributed by atoms with Gasteiger partial charge in [0, 0.05) is 13.0 Å². The van der Waals surface area contributed by atoms with E-state index in [4.69, 9.17) is 9.47 Å². The smallest absolute Gasteiger partial charge is 0.410 e. The molecule has 0 aliphatic carbocycles. The summed E-state index contributed by atoms with van der Waals surface area (Å²) in [5, 5.41) is 0. The Morgan fingerprint density at radius 2 is 1.88 bits per heavy atom. The summed E-state index contributed by atoms with van der Waals surface area (Å²) < 4.78 is 10.4. The summed E-state index contributed by atoms with van der Waals surface area (Å²) in [4.78, 5) is 26.0. The molecule has 1 amide bonds. The average Bonchev–Trinajstić information content (AvgIpc) is 2.53. The molecular formula is C19H27NO4. The molecule has 1 heterocycles. The average molecular weight is 333 g/mol. The Bertz CT molecular complexity index is 564. The fraction of sp³-hybridized carbons (Fsp3) is 0.579. The van der Waals surface area contributed by atoms with Crippen LogP contribution in [-0.2, 0) is 14.3 Å². The lowest BCUT2D eigenvalue weighted by Crippen LogP contribution is -2.44. The third-order valence-corrected chi connectivity index (χ3v) is 4.21. The molecule has 0 spiro atoms. The number of nitrogens with zero attached hydrogens (tertiary/aromatic N) is 1. The van der Waals surface area contributed by atoms with Gasteiger partial charge in [0.2, 0.25) is 0 Å². The lowest BCUT2D eigenvalue weighted by molar-refractivity contribution is -0.142. The zero-order valence-corrected chi connectivity index (χ0v) is 15.0. The van der Waals surface area contributed by atoms with Crippen molar-refractivity contribution in [2.24, 2.45) is 5.92 Å². The van der Waals surface area contributed by atoms with Gasteiger partial charge in [-0.3, -0.25) is 4.79 Å². The molecule has 132 valence electrons. The quantitative estimate of drug-likeness (QED) is 0.786.